The number of likely N-dealkylation sites (tertiary alicyclic amines) is 1. The van der Waals surface area contributed by atoms with Crippen LogP contribution in [0.15, 0.2) is 24.3 Å². The maximum absolute atomic E-state index is 12.9. The molecule has 2 atom stereocenters. The number of nitrogens with zero attached hydrogens (tertiary/aromatic N) is 3. The van der Waals surface area contributed by atoms with Crippen LogP contribution >= 0.6 is 0 Å². The van der Waals surface area contributed by atoms with Crippen LogP contribution in [0.5, 0.6) is 0 Å². The van der Waals surface area contributed by atoms with Crippen LogP contribution in [0.1, 0.15) is 43.7 Å². The van der Waals surface area contributed by atoms with E-state index >= 15 is 0 Å². The Kier molecular flexibility index (Phi) is 5.53. The first-order valence-electron chi connectivity index (χ1n) is 9.30. The standard InChI is InChI=1S/C19H25N5O4/c1-11(2)24-16-7-5-4-6-15(16)17(22-24)18(26)21-13-8-14(9-20-12(3)25)23(10-13)19(27)28/h4-7,11,13-14H,8-10H2,1-3H3,(H,20,25)(H,21,26)(H,27,28)/t13-,14-/m0/s1. The molecular weight excluding hydrogens is 362 g/mol. The van der Waals surface area contributed by atoms with Crippen LogP contribution < -0.4 is 10.6 Å². The van der Waals surface area contributed by atoms with Gasteiger partial charge in [-0.1, -0.05) is 18.2 Å². The van der Waals surface area contributed by atoms with E-state index in [1.165, 1.54) is 11.8 Å². The summed E-state index contributed by atoms with van der Waals surface area (Å²) in [6, 6.07) is 6.91. The molecular formula is C19H25N5O4. The lowest BCUT2D eigenvalue weighted by Gasteiger charge is -2.20. The number of fused-ring (bicyclic) bond motifs is 1. The smallest absolute Gasteiger partial charge is 0.407 e. The Morgan fingerprint density at radius 2 is 2.00 bits per heavy atom. The molecule has 3 rings (SSSR count). The lowest BCUT2D eigenvalue weighted by molar-refractivity contribution is -0.119. The van der Waals surface area contributed by atoms with Gasteiger partial charge < -0.3 is 20.6 Å². The number of aromatic nitrogens is 2. The summed E-state index contributed by atoms with van der Waals surface area (Å²) in [6.45, 7) is 5.77. The zero-order valence-corrected chi connectivity index (χ0v) is 16.2. The number of hydrogen-bond acceptors (Lipinski definition) is 4. The molecule has 1 aromatic carbocycles. The largest absolute Gasteiger partial charge is 0.465 e. The van der Waals surface area contributed by atoms with E-state index in [2.05, 4.69) is 15.7 Å². The molecule has 0 radical (unpaired) electrons. The summed E-state index contributed by atoms with van der Waals surface area (Å²) in [5.41, 5.74) is 1.21. The molecule has 9 heteroatoms. The Hall–Kier alpha value is -3.10. The molecule has 1 aliphatic rings. The van der Waals surface area contributed by atoms with Crippen molar-refractivity contribution in [1.82, 2.24) is 25.3 Å². The number of nitrogens with one attached hydrogen (secondary N) is 2. The van der Waals surface area contributed by atoms with Crippen LogP contribution in [0.2, 0.25) is 0 Å². The fourth-order valence-corrected chi connectivity index (χ4v) is 3.61. The Morgan fingerprint density at radius 1 is 1.29 bits per heavy atom. The lowest BCUT2D eigenvalue weighted by Crippen LogP contribution is -2.42. The molecule has 2 aromatic rings. The van der Waals surface area contributed by atoms with Gasteiger partial charge in [0.05, 0.1) is 11.6 Å². The molecule has 1 aliphatic heterocycles. The zero-order chi connectivity index (χ0) is 20.4. The number of hydrogen-bond donors (Lipinski definition) is 3. The van der Waals surface area contributed by atoms with Gasteiger partial charge in [0.25, 0.3) is 5.91 Å². The molecule has 3 amide bonds. The van der Waals surface area contributed by atoms with E-state index < -0.39 is 6.09 Å². The van der Waals surface area contributed by atoms with Crippen molar-refractivity contribution in [1.29, 1.82) is 0 Å². The summed E-state index contributed by atoms with van der Waals surface area (Å²) in [5, 5.41) is 20.2. The van der Waals surface area contributed by atoms with Gasteiger partial charge in [-0.25, -0.2) is 4.79 Å². The molecule has 150 valence electrons. The van der Waals surface area contributed by atoms with Gasteiger partial charge in [0, 0.05) is 37.5 Å². The molecule has 1 aromatic heterocycles. The number of para-hydroxylation sites is 1. The second kappa shape index (κ2) is 7.87. The Bertz CT molecular complexity index is 907. The summed E-state index contributed by atoms with van der Waals surface area (Å²) in [6.07, 6.45) is -0.636. The summed E-state index contributed by atoms with van der Waals surface area (Å²) >= 11 is 0. The summed E-state index contributed by atoms with van der Waals surface area (Å²) < 4.78 is 1.81. The molecule has 2 heterocycles. The van der Waals surface area contributed by atoms with E-state index in [0.29, 0.717) is 12.1 Å². The lowest BCUT2D eigenvalue weighted by atomic mass is 10.1. The average Bonchev–Trinajstić information content (AvgIpc) is 3.21. The summed E-state index contributed by atoms with van der Waals surface area (Å²) in [5.74, 6) is -0.547. The monoisotopic (exact) mass is 387 g/mol. The third-order valence-corrected chi connectivity index (χ3v) is 4.90. The van der Waals surface area contributed by atoms with Crippen molar-refractivity contribution in [3.63, 3.8) is 0 Å². The predicted octanol–water partition coefficient (Wildman–Crippen LogP) is 1.60. The predicted molar refractivity (Wildman–Crippen MR) is 103 cm³/mol. The van der Waals surface area contributed by atoms with Crippen molar-refractivity contribution in [2.45, 2.75) is 45.3 Å². The van der Waals surface area contributed by atoms with Crippen molar-refractivity contribution in [3.8, 4) is 0 Å². The summed E-state index contributed by atoms with van der Waals surface area (Å²) in [7, 11) is 0. The van der Waals surface area contributed by atoms with Crippen LogP contribution in [-0.2, 0) is 4.79 Å². The molecule has 0 bridgehead atoms. The Morgan fingerprint density at radius 3 is 2.64 bits per heavy atom. The minimum Gasteiger partial charge on any atom is -0.465 e. The third-order valence-electron chi connectivity index (χ3n) is 4.90. The van der Waals surface area contributed by atoms with Crippen molar-refractivity contribution in [3.05, 3.63) is 30.0 Å². The van der Waals surface area contributed by atoms with Gasteiger partial charge in [-0.3, -0.25) is 14.3 Å². The highest BCUT2D eigenvalue weighted by atomic mass is 16.4. The van der Waals surface area contributed by atoms with E-state index in [4.69, 9.17) is 0 Å². The van der Waals surface area contributed by atoms with Crippen molar-refractivity contribution < 1.29 is 19.5 Å². The first-order chi connectivity index (χ1) is 13.3. The number of rotatable bonds is 5. The average molecular weight is 387 g/mol. The van der Waals surface area contributed by atoms with Gasteiger partial charge >= 0.3 is 6.09 Å². The molecule has 0 aliphatic carbocycles. The number of amides is 3. The number of carboxylic acid groups (broad SMARTS) is 1. The van der Waals surface area contributed by atoms with Crippen LogP contribution in [0.3, 0.4) is 0 Å². The first-order valence-corrected chi connectivity index (χ1v) is 9.30. The molecule has 1 saturated heterocycles. The SMILES string of the molecule is CC(=O)NC[C@@H]1C[C@H](NC(=O)c2nn(C(C)C)c3ccccc23)CN1C(=O)O. The fraction of sp³-hybridized carbons (Fsp3) is 0.474. The Balaban J connectivity index is 1.77. The van der Waals surface area contributed by atoms with E-state index in [9.17, 15) is 19.5 Å². The highest BCUT2D eigenvalue weighted by Gasteiger charge is 2.36. The molecule has 28 heavy (non-hydrogen) atoms. The maximum atomic E-state index is 12.9. The number of carbonyl (C=O) groups excluding carboxylic acids is 2. The van der Waals surface area contributed by atoms with E-state index in [0.717, 1.165) is 10.9 Å². The van der Waals surface area contributed by atoms with Crippen LogP contribution in [0.4, 0.5) is 4.79 Å². The molecule has 9 nitrogen and oxygen atoms in total. The third kappa shape index (κ3) is 3.92. The fourth-order valence-electron chi connectivity index (χ4n) is 3.61. The minimum atomic E-state index is -1.07. The first kappa shape index (κ1) is 19.7. The van der Waals surface area contributed by atoms with Gasteiger partial charge in [-0.2, -0.15) is 5.10 Å². The van der Waals surface area contributed by atoms with E-state index in [-0.39, 0.29) is 43.0 Å². The van der Waals surface area contributed by atoms with E-state index in [1.54, 1.807) is 0 Å². The van der Waals surface area contributed by atoms with Gasteiger partial charge in [0.15, 0.2) is 5.69 Å². The number of carbonyl (C=O) groups is 3. The van der Waals surface area contributed by atoms with Crippen LogP contribution in [-0.4, -0.2) is 62.9 Å². The topological polar surface area (TPSA) is 117 Å². The van der Waals surface area contributed by atoms with Gasteiger partial charge in [0.1, 0.15) is 0 Å². The Labute approximate surface area is 162 Å². The maximum Gasteiger partial charge on any atom is 0.407 e. The van der Waals surface area contributed by atoms with Crippen molar-refractivity contribution in [2.24, 2.45) is 0 Å². The number of benzene rings is 1. The molecule has 0 spiro atoms. The molecule has 0 unspecified atom stereocenters. The quantitative estimate of drug-likeness (QED) is 0.721. The minimum absolute atomic E-state index is 0.0995. The highest BCUT2D eigenvalue weighted by Crippen LogP contribution is 2.23. The van der Waals surface area contributed by atoms with Crippen molar-refractivity contribution in [2.75, 3.05) is 13.1 Å². The molecule has 1 fully saturated rings. The second-order valence-electron chi connectivity index (χ2n) is 7.34. The highest BCUT2D eigenvalue weighted by molar-refractivity contribution is 6.05. The van der Waals surface area contributed by atoms with Crippen molar-refractivity contribution >= 4 is 28.8 Å². The van der Waals surface area contributed by atoms with Gasteiger partial charge in [-0.05, 0) is 26.3 Å². The normalized spacial score (nSPS) is 19.2. The van der Waals surface area contributed by atoms with Gasteiger partial charge in [0.2, 0.25) is 5.91 Å². The summed E-state index contributed by atoms with van der Waals surface area (Å²) in [4.78, 5) is 36.8. The van der Waals surface area contributed by atoms with Crippen LogP contribution in [0.25, 0.3) is 10.9 Å². The van der Waals surface area contributed by atoms with E-state index in [1.807, 2.05) is 42.8 Å². The second-order valence-corrected chi connectivity index (χ2v) is 7.34. The molecule has 3 N–H and O–H groups in total. The molecule has 0 saturated carbocycles. The van der Waals surface area contributed by atoms with Crippen LogP contribution in [0, 0.1) is 0 Å². The zero-order valence-electron chi connectivity index (χ0n) is 16.2. The van der Waals surface area contributed by atoms with Gasteiger partial charge in [-0.15, -0.1) is 0 Å².